The van der Waals surface area contributed by atoms with E-state index in [9.17, 15) is 23.5 Å². The van der Waals surface area contributed by atoms with Crippen LogP contribution in [0.2, 0.25) is 0 Å². The lowest BCUT2D eigenvalue weighted by molar-refractivity contribution is -0.132. The van der Waals surface area contributed by atoms with Gasteiger partial charge < -0.3 is 9.52 Å². The molecule has 0 radical (unpaired) electrons. The van der Waals surface area contributed by atoms with Gasteiger partial charge in [0.15, 0.2) is 0 Å². The number of nitrogens with zero attached hydrogens (tertiary/aromatic N) is 1. The van der Waals surface area contributed by atoms with Gasteiger partial charge in [-0.3, -0.25) is 14.5 Å². The fraction of sp³-hybridized carbons (Fsp3) is 0.0400. The molecule has 5 rings (SSSR count). The van der Waals surface area contributed by atoms with Crippen LogP contribution in [0.4, 0.5) is 14.5 Å². The van der Waals surface area contributed by atoms with E-state index in [0.717, 1.165) is 22.4 Å². The van der Waals surface area contributed by atoms with Crippen molar-refractivity contribution in [1.82, 2.24) is 0 Å². The Balaban J connectivity index is 1.77. The van der Waals surface area contributed by atoms with Crippen LogP contribution in [0.15, 0.2) is 89.0 Å². The number of anilines is 1. The van der Waals surface area contributed by atoms with E-state index in [1.54, 1.807) is 30.3 Å². The third-order valence-electron chi connectivity index (χ3n) is 5.47. The number of halogens is 2. The molecule has 1 amide bonds. The SMILES string of the molecule is O=C1C(=O)N(c2ccc(F)cc2F)C(c2ccco2)/C1=C(/O)c1cccc2ccccc12. The van der Waals surface area contributed by atoms with Crippen LogP contribution < -0.4 is 4.90 Å². The Morgan fingerprint density at radius 2 is 1.72 bits per heavy atom. The predicted octanol–water partition coefficient (Wildman–Crippen LogP) is 5.34. The lowest BCUT2D eigenvalue weighted by Gasteiger charge is -2.23. The fourth-order valence-electron chi connectivity index (χ4n) is 4.05. The molecular formula is C25H15F2NO4. The van der Waals surface area contributed by atoms with Gasteiger partial charge >= 0.3 is 0 Å². The number of aliphatic hydroxyl groups excluding tert-OH is 1. The minimum absolute atomic E-state index is 0.148. The minimum atomic E-state index is -1.23. The van der Waals surface area contributed by atoms with Crippen molar-refractivity contribution in [2.24, 2.45) is 0 Å². The van der Waals surface area contributed by atoms with Crippen LogP contribution in [-0.2, 0) is 9.59 Å². The van der Waals surface area contributed by atoms with Crippen LogP contribution in [0.5, 0.6) is 0 Å². The normalized spacial score (nSPS) is 17.9. The van der Waals surface area contributed by atoms with E-state index in [0.29, 0.717) is 17.0 Å². The second-order valence-corrected chi connectivity index (χ2v) is 7.31. The molecule has 158 valence electrons. The van der Waals surface area contributed by atoms with Gasteiger partial charge in [-0.15, -0.1) is 0 Å². The van der Waals surface area contributed by atoms with Crippen molar-refractivity contribution in [2.45, 2.75) is 6.04 Å². The van der Waals surface area contributed by atoms with E-state index in [4.69, 9.17) is 4.42 Å². The number of rotatable bonds is 3. The Morgan fingerprint density at radius 3 is 2.47 bits per heavy atom. The standard InChI is InChI=1S/C25H15F2NO4/c26-15-10-11-19(18(27)13-15)28-22(20-9-4-12-32-20)21(24(30)25(28)31)23(29)17-8-3-6-14-5-1-2-7-16(14)17/h1-13,22,29H/b23-21-. The van der Waals surface area contributed by atoms with Crippen LogP contribution in [0.25, 0.3) is 16.5 Å². The molecule has 0 spiro atoms. The number of carbonyl (C=O) groups is 2. The van der Waals surface area contributed by atoms with Crippen molar-refractivity contribution in [3.63, 3.8) is 0 Å². The van der Waals surface area contributed by atoms with Crippen molar-refractivity contribution in [1.29, 1.82) is 0 Å². The summed E-state index contributed by atoms with van der Waals surface area (Å²) in [6.07, 6.45) is 1.34. The first-order valence-electron chi connectivity index (χ1n) is 9.75. The Morgan fingerprint density at radius 1 is 0.938 bits per heavy atom. The predicted molar refractivity (Wildman–Crippen MR) is 114 cm³/mol. The van der Waals surface area contributed by atoms with E-state index in [-0.39, 0.29) is 17.0 Å². The number of hydrogen-bond acceptors (Lipinski definition) is 4. The molecule has 7 heteroatoms. The first-order valence-corrected chi connectivity index (χ1v) is 9.75. The van der Waals surface area contributed by atoms with Crippen LogP contribution in [0.3, 0.4) is 0 Å². The molecule has 32 heavy (non-hydrogen) atoms. The van der Waals surface area contributed by atoms with E-state index >= 15 is 0 Å². The van der Waals surface area contributed by atoms with Crippen molar-refractivity contribution in [3.8, 4) is 0 Å². The molecule has 0 aliphatic carbocycles. The number of ketones is 1. The highest BCUT2D eigenvalue weighted by Gasteiger charge is 2.49. The second-order valence-electron chi connectivity index (χ2n) is 7.31. The molecular weight excluding hydrogens is 416 g/mol. The minimum Gasteiger partial charge on any atom is -0.507 e. The summed E-state index contributed by atoms with van der Waals surface area (Å²) in [5.74, 6) is -4.16. The lowest BCUT2D eigenvalue weighted by atomic mass is 9.96. The zero-order chi connectivity index (χ0) is 22.4. The summed E-state index contributed by atoms with van der Waals surface area (Å²) in [6, 6.07) is 17.0. The largest absolute Gasteiger partial charge is 0.507 e. The van der Waals surface area contributed by atoms with Gasteiger partial charge in [-0.05, 0) is 35.0 Å². The topological polar surface area (TPSA) is 70.8 Å². The molecule has 4 aromatic rings. The van der Waals surface area contributed by atoms with Crippen LogP contribution in [-0.4, -0.2) is 16.8 Å². The number of carbonyl (C=O) groups excluding carboxylic acids is 2. The quantitative estimate of drug-likeness (QED) is 0.270. The van der Waals surface area contributed by atoms with E-state index in [1.165, 1.54) is 12.3 Å². The third kappa shape index (κ3) is 2.98. The molecule has 5 nitrogen and oxygen atoms in total. The number of furan rings is 1. The average molecular weight is 431 g/mol. The summed E-state index contributed by atoms with van der Waals surface area (Å²) in [6.45, 7) is 0. The average Bonchev–Trinajstić information content (AvgIpc) is 3.40. The number of amides is 1. The number of hydrogen-bond donors (Lipinski definition) is 1. The van der Waals surface area contributed by atoms with Gasteiger partial charge in [-0.25, -0.2) is 8.78 Å². The molecule has 1 aromatic heterocycles. The summed E-state index contributed by atoms with van der Waals surface area (Å²) < 4.78 is 33.5. The van der Waals surface area contributed by atoms with Gasteiger partial charge in [0.2, 0.25) is 0 Å². The summed E-state index contributed by atoms with van der Waals surface area (Å²) in [5, 5.41) is 12.7. The number of fused-ring (bicyclic) bond motifs is 1. The molecule has 1 unspecified atom stereocenters. The summed E-state index contributed by atoms with van der Waals surface area (Å²) >= 11 is 0. The van der Waals surface area contributed by atoms with Gasteiger partial charge in [-0.2, -0.15) is 0 Å². The Kier molecular flexibility index (Phi) is 4.59. The second kappa shape index (κ2) is 7.46. The molecule has 1 aliphatic rings. The molecule has 1 fully saturated rings. The Labute approximate surface area is 180 Å². The van der Waals surface area contributed by atoms with Gasteiger partial charge in [0.25, 0.3) is 11.7 Å². The third-order valence-corrected chi connectivity index (χ3v) is 5.47. The fourth-order valence-corrected chi connectivity index (χ4v) is 4.05. The molecule has 2 heterocycles. The first kappa shape index (κ1) is 19.7. The van der Waals surface area contributed by atoms with Crippen molar-refractivity contribution in [3.05, 3.63) is 108 Å². The monoisotopic (exact) mass is 431 g/mol. The summed E-state index contributed by atoms with van der Waals surface area (Å²) in [7, 11) is 0. The van der Waals surface area contributed by atoms with Crippen LogP contribution in [0.1, 0.15) is 17.4 Å². The molecule has 3 aromatic carbocycles. The number of Topliss-reactive ketones (excluding diaryl/α,β-unsaturated/α-hetero) is 1. The maximum Gasteiger partial charge on any atom is 0.300 e. The number of benzene rings is 3. The zero-order valence-electron chi connectivity index (χ0n) is 16.5. The Hall–Kier alpha value is -4.26. The Bertz CT molecular complexity index is 1400. The first-order chi connectivity index (χ1) is 15.5. The molecule has 1 atom stereocenters. The van der Waals surface area contributed by atoms with Gasteiger partial charge in [0.05, 0.1) is 17.5 Å². The van der Waals surface area contributed by atoms with E-state index < -0.39 is 35.1 Å². The summed E-state index contributed by atoms with van der Waals surface area (Å²) in [5.41, 5.74) is -0.200. The maximum atomic E-state index is 14.6. The van der Waals surface area contributed by atoms with E-state index in [1.807, 2.05) is 18.2 Å². The van der Waals surface area contributed by atoms with Crippen molar-refractivity contribution >= 4 is 33.9 Å². The van der Waals surface area contributed by atoms with Gasteiger partial charge in [0, 0.05) is 11.6 Å². The molecule has 1 aliphatic heterocycles. The highest BCUT2D eigenvalue weighted by molar-refractivity contribution is 6.51. The highest BCUT2D eigenvalue weighted by atomic mass is 19.1. The molecule has 1 N–H and O–H groups in total. The van der Waals surface area contributed by atoms with Crippen molar-refractivity contribution in [2.75, 3.05) is 4.90 Å². The molecule has 0 saturated carbocycles. The zero-order valence-corrected chi connectivity index (χ0v) is 16.5. The van der Waals surface area contributed by atoms with Gasteiger partial charge in [0.1, 0.15) is 29.2 Å². The number of aliphatic hydroxyl groups is 1. The lowest BCUT2D eigenvalue weighted by Crippen LogP contribution is -2.30. The maximum absolute atomic E-state index is 14.6. The smallest absolute Gasteiger partial charge is 0.300 e. The summed E-state index contributed by atoms with van der Waals surface area (Å²) in [4.78, 5) is 26.9. The molecule has 1 saturated heterocycles. The highest BCUT2D eigenvalue weighted by Crippen LogP contribution is 2.43. The van der Waals surface area contributed by atoms with Gasteiger partial charge in [-0.1, -0.05) is 42.5 Å². The van der Waals surface area contributed by atoms with E-state index in [2.05, 4.69) is 0 Å². The molecule has 0 bridgehead atoms. The van der Waals surface area contributed by atoms with Crippen LogP contribution in [0, 0.1) is 11.6 Å². The van der Waals surface area contributed by atoms with Crippen LogP contribution >= 0.6 is 0 Å². The van der Waals surface area contributed by atoms with Crippen molar-refractivity contribution < 1.29 is 27.9 Å².